The van der Waals surface area contributed by atoms with E-state index in [0.717, 1.165) is 18.7 Å². The third-order valence-electron chi connectivity index (χ3n) is 4.93. The van der Waals surface area contributed by atoms with E-state index in [1.807, 2.05) is 18.2 Å². The molecular weight excluding hydrogens is 376 g/mol. The van der Waals surface area contributed by atoms with Gasteiger partial charge < -0.3 is 5.32 Å². The van der Waals surface area contributed by atoms with Crippen LogP contribution < -0.4 is 5.32 Å². The number of hydrogen-bond acceptors (Lipinski definition) is 5. The van der Waals surface area contributed by atoms with Crippen LogP contribution in [-0.2, 0) is 0 Å². The van der Waals surface area contributed by atoms with E-state index in [9.17, 15) is 4.79 Å². The molecule has 1 fully saturated rings. The van der Waals surface area contributed by atoms with E-state index >= 15 is 0 Å². The van der Waals surface area contributed by atoms with Gasteiger partial charge >= 0.3 is 0 Å². The number of benzene rings is 1. The van der Waals surface area contributed by atoms with Crippen LogP contribution in [0.5, 0.6) is 0 Å². The number of halogens is 1. The summed E-state index contributed by atoms with van der Waals surface area (Å²) in [6, 6.07) is 11.4. The van der Waals surface area contributed by atoms with Crippen molar-refractivity contribution in [2.45, 2.75) is 18.9 Å². The van der Waals surface area contributed by atoms with Crippen molar-refractivity contribution < 1.29 is 4.79 Å². The molecule has 2 aromatic heterocycles. The summed E-state index contributed by atoms with van der Waals surface area (Å²) in [6.07, 6.45) is 6.93. The molecule has 0 radical (unpaired) electrons. The molecule has 0 spiro atoms. The molecule has 0 saturated carbocycles. The fourth-order valence-electron chi connectivity index (χ4n) is 3.53. The van der Waals surface area contributed by atoms with Gasteiger partial charge in [0, 0.05) is 23.3 Å². The number of carbonyl (C=O) groups excluding carboxylic acids is 1. The maximum atomic E-state index is 12.8. The lowest BCUT2D eigenvalue weighted by Crippen LogP contribution is -2.36. The Hall–Kier alpha value is -2.77. The van der Waals surface area contributed by atoms with E-state index in [4.69, 9.17) is 11.6 Å². The summed E-state index contributed by atoms with van der Waals surface area (Å²) < 4.78 is 1.52. The molecule has 7 nitrogen and oxygen atoms in total. The Morgan fingerprint density at radius 3 is 2.82 bits per heavy atom. The molecule has 1 aliphatic rings. The molecule has 1 saturated heterocycles. The lowest BCUT2D eigenvalue weighted by molar-refractivity contribution is 0.0937. The Morgan fingerprint density at radius 2 is 2.07 bits per heavy atom. The molecule has 3 aromatic rings. The summed E-state index contributed by atoms with van der Waals surface area (Å²) in [6.45, 7) is 2.57. The Bertz CT molecular complexity index is 939. The molecule has 1 N–H and O–H groups in total. The van der Waals surface area contributed by atoms with Gasteiger partial charge in [0.15, 0.2) is 5.82 Å². The van der Waals surface area contributed by atoms with Gasteiger partial charge in [-0.15, -0.1) is 0 Å². The molecule has 0 aliphatic carbocycles. The fourth-order valence-corrected chi connectivity index (χ4v) is 3.73. The second kappa shape index (κ2) is 8.50. The number of aromatic nitrogens is 4. The van der Waals surface area contributed by atoms with Crippen LogP contribution >= 0.6 is 11.6 Å². The highest BCUT2D eigenvalue weighted by Gasteiger charge is 2.24. The van der Waals surface area contributed by atoms with Gasteiger partial charge in [0.05, 0.1) is 6.04 Å². The van der Waals surface area contributed by atoms with Crippen LogP contribution in [0.3, 0.4) is 0 Å². The average molecular weight is 397 g/mol. The first kappa shape index (κ1) is 18.6. The Kier molecular flexibility index (Phi) is 5.64. The third-order valence-corrected chi connectivity index (χ3v) is 5.17. The number of pyridine rings is 1. The monoisotopic (exact) mass is 396 g/mol. The number of likely N-dealkylation sites (tertiary alicyclic amines) is 1. The minimum atomic E-state index is -0.144. The van der Waals surface area contributed by atoms with Crippen molar-refractivity contribution in [3.8, 4) is 5.82 Å². The molecule has 1 unspecified atom stereocenters. The normalized spacial score (nSPS) is 15.5. The van der Waals surface area contributed by atoms with Crippen LogP contribution in [0.25, 0.3) is 5.82 Å². The van der Waals surface area contributed by atoms with Crippen molar-refractivity contribution in [2.75, 3.05) is 19.6 Å². The Labute approximate surface area is 168 Å². The van der Waals surface area contributed by atoms with E-state index in [1.165, 1.54) is 23.9 Å². The minimum absolute atomic E-state index is 0.0989. The summed E-state index contributed by atoms with van der Waals surface area (Å²) in [5, 5.41) is 7.83. The molecule has 8 heteroatoms. The van der Waals surface area contributed by atoms with Gasteiger partial charge in [-0.1, -0.05) is 23.7 Å². The molecule has 3 heterocycles. The van der Waals surface area contributed by atoms with Crippen molar-refractivity contribution in [2.24, 2.45) is 0 Å². The van der Waals surface area contributed by atoms with Crippen molar-refractivity contribution in [1.29, 1.82) is 0 Å². The summed E-state index contributed by atoms with van der Waals surface area (Å²) >= 11 is 6.19. The number of rotatable bonds is 6. The standard InChI is InChI=1S/C20H21ClN6O/c21-17-5-3-4-15(10-17)18(26-8-1-2-9-26)12-24-20(28)16-6-7-23-19(11-16)27-14-22-13-25-27/h3-7,10-11,13-14,18H,1-2,8-9,12H2,(H,24,28). The maximum Gasteiger partial charge on any atom is 0.251 e. The number of nitrogens with one attached hydrogen (secondary N) is 1. The Morgan fingerprint density at radius 1 is 1.21 bits per heavy atom. The maximum absolute atomic E-state index is 12.8. The molecule has 4 rings (SSSR count). The number of amides is 1. The lowest BCUT2D eigenvalue weighted by atomic mass is 10.1. The second-order valence-electron chi connectivity index (χ2n) is 6.77. The van der Waals surface area contributed by atoms with Gasteiger partial charge in [0.1, 0.15) is 12.7 Å². The molecule has 1 atom stereocenters. The van der Waals surface area contributed by atoms with Crippen molar-refractivity contribution >= 4 is 17.5 Å². The number of nitrogens with zero attached hydrogens (tertiary/aromatic N) is 5. The summed E-state index contributed by atoms with van der Waals surface area (Å²) in [5.41, 5.74) is 1.65. The first-order valence-corrected chi connectivity index (χ1v) is 9.67. The summed E-state index contributed by atoms with van der Waals surface area (Å²) in [4.78, 5) is 23.3. The van der Waals surface area contributed by atoms with Crippen molar-refractivity contribution in [3.63, 3.8) is 0 Å². The van der Waals surface area contributed by atoms with Gasteiger partial charge in [0.2, 0.25) is 0 Å². The molecule has 1 amide bonds. The van der Waals surface area contributed by atoms with Gasteiger partial charge in [-0.2, -0.15) is 5.10 Å². The second-order valence-corrected chi connectivity index (χ2v) is 7.20. The van der Waals surface area contributed by atoms with Gasteiger partial charge in [-0.05, 0) is 55.8 Å². The van der Waals surface area contributed by atoms with Crippen LogP contribution in [0, 0.1) is 0 Å². The van der Waals surface area contributed by atoms with E-state index < -0.39 is 0 Å². The van der Waals surface area contributed by atoms with E-state index in [2.05, 4.69) is 31.3 Å². The van der Waals surface area contributed by atoms with Gasteiger partial charge in [-0.3, -0.25) is 9.69 Å². The molecular formula is C20H21ClN6O. The Balaban J connectivity index is 1.49. The molecule has 1 aliphatic heterocycles. The van der Waals surface area contributed by atoms with Gasteiger partial charge in [-0.25, -0.2) is 14.6 Å². The first-order chi connectivity index (χ1) is 13.7. The zero-order valence-electron chi connectivity index (χ0n) is 15.3. The fraction of sp³-hybridized carbons (Fsp3) is 0.300. The van der Waals surface area contributed by atoms with Crippen molar-refractivity contribution in [1.82, 2.24) is 30.0 Å². The first-order valence-electron chi connectivity index (χ1n) is 9.29. The smallest absolute Gasteiger partial charge is 0.251 e. The number of hydrogen-bond donors (Lipinski definition) is 1. The average Bonchev–Trinajstić information content (AvgIpc) is 3.43. The largest absolute Gasteiger partial charge is 0.350 e. The predicted molar refractivity (Wildman–Crippen MR) is 106 cm³/mol. The highest BCUT2D eigenvalue weighted by molar-refractivity contribution is 6.30. The SMILES string of the molecule is O=C(NCC(c1cccc(Cl)c1)N1CCCC1)c1ccnc(-n2cncn2)c1. The molecule has 28 heavy (non-hydrogen) atoms. The van der Waals surface area contributed by atoms with Crippen LogP contribution in [-0.4, -0.2) is 50.2 Å². The van der Waals surface area contributed by atoms with E-state index in [-0.39, 0.29) is 11.9 Å². The van der Waals surface area contributed by atoms with Crippen LogP contribution in [0.4, 0.5) is 0 Å². The quantitative estimate of drug-likeness (QED) is 0.693. The van der Waals surface area contributed by atoms with E-state index in [1.54, 1.807) is 24.7 Å². The molecule has 1 aromatic carbocycles. The molecule has 0 bridgehead atoms. The highest BCUT2D eigenvalue weighted by atomic mass is 35.5. The summed E-state index contributed by atoms with van der Waals surface area (Å²) in [7, 11) is 0. The lowest BCUT2D eigenvalue weighted by Gasteiger charge is -2.28. The zero-order chi connectivity index (χ0) is 19.3. The van der Waals surface area contributed by atoms with Crippen LogP contribution in [0.2, 0.25) is 5.02 Å². The summed E-state index contributed by atoms with van der Waals surface area (Å²) in [5.74, 6) is 0.408. The molecule has 144 valence electrons. The topological polar surface area (TPSA) is 75.9 Å². The minimum Gasteiger partial charge on any atom is -0.350 e. The van der Waals surface area contributed by atoms with Crippen LogP contribution in [0.1, 0.15) is 34.8 Å². The van der Waals surface area contributed by atoms with Crippen molar-refractivity contribution in [3.05, 3.63) is 71.4 Å². The highest BCUT2D eigenvalue weighted by Crippen LogP contribution is 2.26. The van der Waals surface area contributed by atoms with Gasteiger partial charge in [0.25, 0.3) is 5.91 Å². The van der Waals surface area contributed by atoms with E-state index in [0.29, 0.717) is 22.9 Å². The van der Waals surface area contributed by atoms with Crippen LogP contribution in [0.15, 0.2) is 55.2 Å². The predicted octanol–water partition coefficient (Wildman–Crippen LogP) is 2.88. The zero-order valence-corrected chi connectivity index (χ0v) is 16.1. The third kappa shape index (κ3) is 4.21. The number of carbonyl (C=O) groups is 1.